The van der Waals surface area contributed by atoms with Crippen molar-refractivity contribution in [3.8, 4) is 5.75 Å². The van der Waals surface area contributed by atoms with E-state index in [0.717, 1.165) is 70.6 Å². The average molecular weight is 415 g/mol. The van der Waals surface area contributed by atoms with E-state index in [4.69, 9.17) is 9.47 Å². The molecule has 1 saturated heterocycles. The Kier molecular flexibility index (Phi) is 6.93. The van der Waals surface area contributed by atoms with Gasteiger partial charge >= 0.3 is 5.97 Å². The van der Waals surface area contributed by atoms with Crippen LogP contribution in [0.4, 0.5) is 0 Å². The number of hydrogen-bond acceptors (Lipinski definition) is 5. The Labute approximate surface area is 179 Å². The fourth-order valence-electron chi connectivity index (χ4n) is 4.88. The van der Waals surface area contributed by atoms with Gasteiger partial charge in [-0.05, 0) is 61.3 Å². The van der Waals surface area contributed by atoms with Gasteiger partial charge in [0, 0.05) is 38.6 Å². The molecule has 0 N–H and O–H groups in total. The lowest BCUT2D eigenvalue weighted by molar-refractivity contribution is -0.144. The topological polar surface area (TPSA) is 59.1 Å². The number of rotatable bonds is 7. The maximum absolute atomic E-state index is 12.4. The summed E-state index contributed by atoms with van der Waals surface area (Å²) in [5.41, 5.74) is 2.57. The summed E-state index contributed by atoms with van der Waals surface area (Å²) in [6.07, 6.45) is 6.95. The van der Waals surface area contributed by atoms with Gasteiger partial charge in [-0.3, -0.25) is 14.5 Å². The first-order chi connectivity index (χ1) is 14.6. The second kappa shape index (κ2) is 9.82. The minimum Gasteiger partial charge on any atom is -0.497 e. The number of esters is 1. The molecule has 3 aliphatic rings. The predicted octanol–water partition coefficient (Wildman–Crippen LogP) is 2.99. The summed E-state index contributed by atoms with van der Waals surface area (Å²) in [5, 5.41) is 0. The Hall–Kier alpha value is -2.08. The molecule has 0 aromatic heterocycles. The number of hydrogen-bond donors (Lipinski definition) is 0. The van der Waals surface area contributed by atoms with E-state index in [0.29, 0.717) is 18.9 Å². The standard InChI is InChI=1S/C24H34N2O4/c1-29-21-8-9-22-19(16-21)6-3-7-20(22)17-23(27)30-15-14-25-10-12-26(13-11-25)24(28)18-4-2-5-18/h8-9,16,18,20H,2-7,10-15,17H2,1H3/t20-/m0/s1. The molecule has 6 nitrogen and oxygen atoms in total. The monoisotopic (exact) mass is 414 g/mol. The Balaban J connectivity index is 1.17. The van der Waals surface area contributed by atoms with Gasteiger partial charge in [0.25, 0.3) is 0 Å². The molecule has 0 bridgehead atoms. The maximum Gasteiger partial charge on any atom is 0.306 e. The minimum absolute atomic E-state index is 0.109. The van der Waals surface area contributed by atoms with Gasteiger partial charge in [0.2, 0.25) is 5.91 Å². The van der Waals surface area contributed by atoms with Crippen molar-refractivity contribution in [1.82, 2.24) is 9.80 Å². The highest BCUT2D eigenvalue weighted by atomic mass is 16.5. The van der Waals surface area contributed by atoms with Crippen molar-refractivity contribution in [2.45, 2.75) is 50.9 Å². The molecule has 30 heavy (non-hydrogen) atoms. The molecule has 0 radical (unpaired) electrons. The third kappa shape index (κ3) is 4.97. The normalized spacial score (nSPS) is 22.2. The summed E-state index contributed by atoms with van der Waals surface area (Å²) >= 11 is 0. The number of benzene rings is 1. The molecular weight excluding hydrogens is 380 g/mol. The van der Waals surface area contributed by atoms with Crippen LogP contribution in [0.1, 0.15) is 55.6 Å². The zero-order valence-electron chi connectivity index (χ0n) is 18.1. The van der Waals surface area contributed by atoms with E-state index >= 15 is 0 Å². The largest absolute Gasteiger partial charge is 0.497 e. The van der Waals surface area contributed by atoms with E-state index in [9.17, 15) is 9.59 Å². The van der Waals surface area contributed by atoms with Gasteiger partial charge in [-0.25, -0.2) is 0 Å². The van der Waals surface area contributed by atoms with Gasteiger partial charge in [-0.2, -0.15) is 0 Å². The molecule has 1 atom stereocenters. The first-order valence-electron chi connectivity index (χ1n) is 11.5. The summed E-state index contributed by atoms with van der Waals surface area (Å²) in [7, 11) is 1.69. The molecule has 0 unspecified atom stereocenters. The molecule has 2 fully saturated rings. The molecular formula is C24H34N2O4. The summed E-state index contributed by atoms with van der Waals surface area (Å²) < 4.78 is 10.9. The first kappa shape index (κ1) is 21.2. The molecule has 1 aromatic carbocycles. The zero-order chi connectivity index (χ0) is 20.9. The van der Waals surface area contributed by atoms with Crippen LogP contribution < -0.4 is 4.74 Å². The van der Waals surface area contributed by atoms with E-state index in [2.05, 4.69) is 17.0 Å². The van der Waals surface area contributed by atoms with Crippen molar-refractivity contribution < 1.29 is 19.1 Å². The summed E-state index contributed by atoms with van der Waals surface area (Å²) in [5.74, 6) is 1.64. The van der Waals surface area contributed by atoms with Crippen molar-refractivity contribution in [2.24, 2.45) is 5.92 Å². The Morgan fingerprint density at radius 3 is 2.57 bits per heavy atom. The molecule has 164 valence electrons. The van der Waals surface area contributed by atoms with Crippen LogP contribution in [0.25, 0.3) is 0 Å². The van der Waals surface area contributed by atoms with E-state index in [1.807, 2.05) is 11.0 Å². The SMILES string of the molecule is COc1ccc2c(c1)CCC[C@H]2CC(=O)OCCN1CCN(C(=O)C2CCC2)CC1. The predicted molar refractivity (Wildman–Crippen MR) is 115 cm³/mol. The molecule has 4 rings (SSSR count). The van der Waals surface area contributed by atoms with Crippen molar-refractivity contribution in [3.63, 3.8) is 0 Å². The second-order valence-corrected chi connectivity index (χ2v) is 8.87. The summed E-state index contributed by atoms with van der Waals surface area (Å²) in [6.45, 7) is 4.51. The van der Waals surface area contributed by atoms with Gasteiger partial charge in [0.1, 0.15) is 12.4 Å². The van der Waals surface area contributed by atoms with Gasteiger partial charge in [0.05, 0.1) is 13.5 Å². The fraction of sp³-hybridized carbons (Fsp3) is 0.667. The summed E-state index contributed by atoms with van der Waals surface area (Å²) in [4.78, 5) is 29.1. The lowest BCUT2D eigenvalue weighted by Gasteiger charge is -2.38. The van der Waals surface area contributed by atoms with E-state index in [1.54, 1.807) is 7.11 Å². The average Bonchev–Trinajstić information content (AvgIpc) is 2.72. The highest BCUT2D eigenvalue weighted by molar-refractivity contribution is 5.79. The zero-order valence-corrected chi connectivity index (χ0v) is 18.1. The van der Waals surface area contributed by atoms with Crippen LogP contribution in [0.2, 0.25) is 0 Å². The second-order valence-electron chi connectivity index (χ2n) is 8.87. The van der Waals surface area contributed by atoms with Crippen molar-refractivity contribution in [2.75, 3.05) is 46.4 Å². The number of ether oxygens (including phenoxy) is 2. The number of nitrogens with zero attached hydrogens (tertiary/aromatic N) is 2. The van der Waals surface area contributed by atoms with Crippen molar-refractivity contribution >= 4 is 11.9 Å². The molecule has 1 aliphatic heterocycles. The third-order valence-corrected chi connectivity index (χ3v) is 7.01. The van der Waals surface area contributed by atoms with Gasteiger partial charge in [-0.1, -0.05) is 12.5 Å². The van der Waals surface area contributed by atoms with Crippen LogP contribution in [-0.4, -0.2) is 68.1 Å². The lowest BCUT2D eigenvalue weighted by atomic mass is 9.81. The van der Waals surface area contributed by atoms with Gasteiger partial charge in [-0.15, -0.1) is 0 Å². The van der Waals surface area contributed by atoms with Gasteiger partial charge in [0.15, 0.2) is 0 Å². The number of piperazine rings is 1. The van der Waals surface area contributed by atoms with E-state index < -0.39 is 0 Å². The summed E-state index contributed by atoms with van der Waals surface area (Å²) in [6, 6.07) is 6.19. The molecule has 1 amide bonds. The highest BCUT2D eigenvalue weighted by Gasteiger charge is 2.31. The molecule has 1 heterocycles. The number of methoxy groups -OCH3 is 1. The number of carbonyl (C=O) groups excluding carboxylic acids is 2. The van der Waals surface area contributed by atoms with Crippen LogP contribution in [0.5, 0.6) is 5.75 Å². The molecule has 0 spiro atoms. The van der Waals surface area contributed by atoms with Crippen molar-refractivity contribution in [3.05, 3.63) is 29.3 Å². The number of fused-ring (bicyclic) bond motifs is 1. The lowest BCUT2D eigenvalue weighted by Crippen LogP contribution is -2.51. The van der Waals surface area contributed by atoms with Crippen LogP contribution in [-0.2, 0) is 20.7 Å². The van der Waals surface area contributed by atoms with Crippen LogP contribution in [0, 0.1) is 5.92 Å². The van der Waals surface area contributed by atoms with E-state index in [-0.39, 0.29) is 17.8 Å². The third-order valence-electron chi connectivity index (χ3n) is 7.01. The Bertz CT molecular complexity index is 754. The minimum atomic E-state index is -0.109. The highest BCUT2D eigenvalue weighted by Crippen LogP contribution is 2.36. The van der Waals surface area contributed by atoms with Crippen LogP contribution in [0.3, 0.4) is 0 Å². The van der Waals surface area contributed by atoms with Crippen LogP contribution in [0.15, 0.2) is 18.2 Å². The van der Waals surface area contributed by atoms with Gasteiger partial charge < -0.3 is 14.4 Å². The first-order valence-corrected chi connectivity index (χ1v) is 11.5. The number of aryl methyl sites for hydroxylation is 1. The molecule has 2 aliphatic carbocycles. The Morgan fingerprint density at radius 1 is 1.07 bits per heavy atom. The molecule has 1 aromatic rings. The quantitative estimate of drug-likeness (QED) is 0.642. The van der Waals surface area contributed by atoms with E-state index in [1.165, 1.54) is 17.5 Å². The number of carbonyl (C=O) groups is 2. The maximum atomic E-state index is 12.4. The molecule has 1 saturated carbocycles. The van der Waals surface area contributed by atoms with Crippen molar-refractivity contribution in [1.29, 1.82) is 0 Å². The smallest absolute Gasteiger partial charge is 0.306 e. The Morgan fingerprint density at radius 2 is 1.87 bits per heavy atom. The number of amides is 1. The van der Waals surface area contributed by atoms with Crippen LogP contribution >= 0.6 is 0 Å². The fourth-order valence-corrected chi connectivity index (χ4v) is 4.88. The molecule has 6 heteroatoms.